The molecule has 0 saturated carbocycles. The largest absolute Gasteiger partial charge is 0.462 e. The fraction of sp³-hybridized carbons (Fsp3) is 0.250. The van der Waals surface area contributed by atoms with Crippen LogP contribution in [0.2, 0.25) is 0 Å². The molecule has 0 aliphatic rings. The van der Waals surface area contributed by atoms with Crippen LogP contribution in [0.1, 0.15) is 36.9 Å². The van der Waals surface area contributed by atoms with Crippen LogP contribution in [0.15, 0.2) is 46.4 Å². The topological polar surface area (TPSA) is 92.3 Å². The Labute approximate surface area is 152 Å². The summed E-state index contributed by atoms with van der Waals surface area (Å²) >= 11 is 0. The lowest BCUT2D eigenvalue weighted by atomic mass is 10.1. The number of carbonyl (C=O) groups is 2. The van der Waals surface area contributed by atoms with Crippen molar-refractivity contribution in [3.05, 3.63) is 53.3 Å². The quantitative estimate of drug-likeness (QED) is 0.487. The van der Waals surface area contributed by atoms with Crippen LogP contribution in [0, 0.1) is 11.3 Å². The zero-order valence-electron chi connectivity index (χ0n) is 14.9. The third kappa shape index (κ3) is 4.84. The summed E-state index contributed by atoms with van der Waals surface area (Å²) in [6, 6.07) is 12.0. The molecule has 0 radical (unpaired) electrons. The first-order chi connectivity index (χ1) is 12.4. The van der Waals surface area contributed by atoms with Crippen molar-refractivity contribution in [2.45, 2.75) is 26.8 Å². The Bertz CT molecular complexity index is 855. The summed E-state index contributed by atoms with van der Waals surface area (Å²) in [6.45, 7) is 5.71. The van der Waals surface area contributed by atoms with Gasteiger partial charge in [0.2, 0.25) is 0 Å². The number of nitrogens with zero attached hydrogens (tertiary/aromatic N) is 1. The van der Waals surface area contributed by atoms with Crippen molar-refractivity contribution in [3.8, 4) is 17.4 Å². The van der Waals surface area contributed by atoms with Crippen LogP contribution >= 0.6 is 0 Å². The van der Waals surface area contributed by atoms with E-state index in [4.69, 9.17) is 14.4 Å². The highest BCUT2D eigenvalue weighted by Gasteiger charge is 2.12. The van der Waals surface area contributed by atoms with E-state index < -0.39 is 5.91 Å². The predicted molar refractivity (Wildman–Crippen MR) is 97.0 cm³/mol. The monoisotopic (exact) mass is 352 g/mol. The molecule has 0 atom stereocenters. The minimum absolute atomic E-state index is 0.0303. The Morgan fingerprint density at radius 2 is 1.92 bits per heavy atom. The van der Waals surface area contributed by atoms with E-state index in [0.717, 1.165) is 5.56 Å². The fourth-order valence-corrected chi connectivity index (χ4v) is 2.20. The van der Waals surface area contributed by atoms with Crippen LogP contribution in [0.25, 0.3) is 17.4 Å². The molecule has 1 aromatic carbocycles. The van der Waals surface area contributed by atoms with E-state index in [0.29, 0.717) is 23.7 Å². The van der Waals surface area contributed by atoms with Gasteiger partial charge in [0.25, 0.3) is 5.91 Å². The number of ether oxygens (including phenoxy) is 1. The van der Waals surface area contributed by atoms with Crippen LogP contribution in [0.3, 0.4) is 0 Å². The van der Waals surface area contributed by atoms with Crippen LogP contribution in [0.5, 0.6) is 0 Å². The van der Waals surface area contributed by atoms with Crippen LogP contribution in [-0.2, 0) is 9.53 Å². The average molecular weight is 352 g/mol. The van der Waals surface area contributed by atoms with Crippen molar-refractivity contribution in [2.24, 2.45) is 0 Å². The summed E-state index contributed by atoms with van der Waals surface area (Å²) < 4.78 is 10.6. The lowest BCUT2D eigenvalue weighted by Gasteiger charge is -2.06. The van der Waals surface area contributed by atoms with Crippen LogP contribution in [0.4, 0.5) is 0 Å². The first-order valence-corrected chi connectivity index (χ1v) is 8.24. The summed E-state index contributed by atoms with van der Waals surface area (Å²) in [7, 11) is 0. The van der Waals surface area contributed by atoms with Gasteiger partial charge in [0.15, 0.2) is 0 Å². The van der Waals surface area contributed by atoms with E-state index in [2.05, 4.69) is 5.32 Å². The number of rotatable bonds is 6. The van der Waals surface area contributed by atoms with Gasteiger partial charge < -0.3 is 14.5 Å². The molecule has 0 aliphatic carbocycles. The highest BCUT2D eigenvalue weighted by atomic mass is 16.5. The second-order valence-corrected chi connectivity index (χ2v) is 5.80. The average Bonchev–Trinajstić information content (AvgIpc) is 3.08. The zero-order valence-corrected chi connectivity index (χ0v) is 14.9. The SMILES string of the molecule is CCOC(=O)c1ccc(-c2ccc(/C=C(\C#N)C(=O)NC(C)C)o2)cc1. The van der Waals surface area contributed by atoms with Gasteiger partial charge in [-0.25, -0.2) is 4.79 Å². The maximum absolute atomic E-state index is 11.9. The maximum Gasteiger partial charge on any atom is 0.338 e. The van der Waals surface area contributed by atoms with Gasteiger partial charge in [-0.3, -0.25) is 4.79 Å². The van der Waals surface area contributed by atoms with Crippen molar-refractivity contribution in [2.75, 3.05) is 6.61 Å². The Hall–Kier alpha value is -3.33. The number of hydrogen-bond acceptors (Lipinski definition) is 5. The number of carbonyl (C=O) groups excluding carboxylic acids is 2. The molecule has 1 N–H and O–H groups in total. The van der Waals surface area contributed by atoms with E-state index in [9.17, 15) is 9.59 Å². The molecule has 1 amide bonds. The van der Waals surface area contributed by atoms with Crippen molar-refractivity contribution < 1.29 is 18.7 Å². The molecule has 6 heteroatoms. The maximum atomic E-state index is 11.9. The van der Waals surface area contributed by atoms with Crippen molar-refractivity contribution >= 4 is 18.0 Å². The lowest BCUT2D eigenvalue weighted by molar-refractivity contribution is -0.117. The van der Waals surface area contributed by atoms with E-state index in [-0.39, 0.29) is 17.6 Å². The van der Waals surface area contributed by atoms with E-state index >= 15 is 0 Å². The molecule has 26 heavy (non-hydrogen) atoms. The second kappa shape index (κ2) is 8.67. The van der Waals surface area contributed by atoms with E-state index in [1.807, 2.05) is 19.9 Å². The fourth-order valence-electron chi connectivity index (χ4n) is 2.20. The van der Waals surface area contributed by atoms with Crippen molar-refractivity contribution in [3.63, 3.8) is 0 Å². The Kier molecular flexibility index (Phi) is 6.34. The number of benzene rings is 1. The minimum atomic E-state index is -0.445. The standard InChI is InChI=1S/C20H20N2O4/c1-4-25-20(24)15-7-5-14(6-8-15)18-10-9-17(26-18)11-16(12-21)19(23)22-13(2)3/h5-11,13H,4H2,1-3H3,(H,22,23)/b16-11+. The summed E-state index contributed by atoms with van der Waals surface area (Å²) in [4.78, 5) is 23.6. The number of nitriles is 1. The van der Waals surface area contributed by atoms with E-state index in [1.54, 1.807) is 43.3 Å². The van der Waals surface area contributed by atoms with Gasteiger partial charge in [0, 0.05) is 17.7 Å². The van der Waals surface area contributed by atoms with Crippen molar-refractivity contribution in [1.29, 1.82) is 5.26 Å². The first-order valence-electron chi connectivity index (χ1n) is 8.24. The summed E-state index contributed by atoms with van der Waals surface area (Å²) in [5.74, 6) is 0.134. The number of amides is 1. The molecule has 6 nitrogen and oxygen atoms in total. The van der Waals surface area contributed by atoms with Gasteiger partial charge in [-0.2, -0.15) is 5.26 Å². The molecule has 134 valence electrons. The highest BCUT2D eigenvalue weighted by molar-refractivity contribution is 6.01. The number of nitrogens with one attached hydrogen (secondary N) is 1. The second-order valence-electron chi connectivity index (χ2n) is 5.80. The molecular weight excluding hydrogens is 332 g/mol. The molecule has 1 heterocycles. The van der Waals surface area contributed by atoms with Gasteiger partial charge in [-0.05, 0) is 45.0 Å². The summed E-state index contributed by atoms with van der Waals surface area (Å²) in [5.41, 5.74) is 1.19. The zero-order chi connectivity index (χ0) is 19.1. The molecule has 0 saturated heterocycles. The predicted octanol–water partition coefficient (Wildman–Crippen LogP) is 3.55. The van der Waals surface area contributed by atoms with Gasteiger partial charge >= 0.3 is 5.97 Å². The minimum Gasteiger partial charge on any atom is -0.462 e. The summed E-state index contributed by atoms with van der Waals surface area (Å²) in [5, 5.41) is 11.8. The molecule has 0 spiro atoms. The molecule has 0 unspecified atom stereocenters. The van der Waals surface area contributed by atoms with Gasteiger partial charge in [-0.1, -0.05) is 12.1 Å². The third-order valence-electron chi connectivity index (χ3n) is 3.38. The number of hydrogen-bond donors (Lipinski definition) is 1. The molecule has 0 fully saturated rings. The lowest BCUT2D eigenvalue weighted by Crippen LogP contribution is -2.30. The smallest absolute Gasteiger partial charge is 0.338 e. The Morgan fingerprint density at radius 3 is 2.50 bits per heavy atom. The first kappa shape index (κ1) is 19.0. The molecule has 2 rings (SSSR count). The van der Waals surface area contributed by atoms with Gasteiger partial charge in [0.1, 0.15) is 23.2 Å². The third-order valence-corrected chi connectivity index (χ3v) is 3.38. The van der Waals surface area contributed by atoms with Crippen molar-refractivity contribution in [1.82, 2.24) is 5.32 Å². The number of furan rings is 1. The molecular formula is C20H20N2O4. The number of esters is 1. The molecule has 0 aliphatic heterocycles. The molecule has 2 aromatic rings. The normalized spacial score (nSPS) is 11.1. The highest BCUT2D eigenvalue weighted by Crippen LogP contribution is 2.24. The molecule has 0 bridgehead atoms. The van der Waals surface area contributed by atoms with Crippen LogP contribution < -0.4 is 5.32 Å². The summed E-state index contributed by atoms with van der Waals surface area (Å²) in [6.07, 6.45) is 1.40. The van der Waals surface area contributed by atoms with Crippen LogP contribution in [-0.4, -0.2) is 24.5 Å². The molecule has 1 aromatic heterocycles. The Morgan fingerprint density at radius 1 is 1.23 bits per heavy atom. The van der Waals surface area contributed by atoms with Gasteiger partial charge in [0.05, 0.1) is 12.2 Å². The van der Waals surface area contributed by atoms with E-state index in [1.165, 1.54) is 6.08 Å². The Balaban J connectivity index is 2.19. The van der Waals surface area contributed by atoms with Gasteiger partial charge in [-0.15, -0.1) is 0 Å².